The van der Waals surface area contributed by atoms with Gasteiger partial charge in [-0.25, -0.2) is 0 Å². The molecule has 0 spiro atoms. The van der Waals surface area contributed by atoms with Crippen molar-refractivity contribution in [2.75, 3.05) is 0 Å². The van der Waals surface area contributed by atoms with Crippen LogP contribution in [-0.4, -0.2) is 16.9 Å². The number of allylic oxidation sites excluding steroid dienone is 1. The summed E-state index contributed by atoms with van der Waals surface area (Å²) in [5.74, 6) is 5.14. The van der Waals surface area contributed by atoms with Gasteiger partial charge in [-0.05, 0) is 98.2 Å². The molecule has 3 saturated carbocycles. The van der Waals surface area contributed by atoms with E-state index in [-0.39, 0.29) is 16.9 Å². The van der Waals surface area contributed by atoms with Crippen LogP contribution in [0.5, 0.6) is 0 Å². The second-order valence-electron chi connectivity index (χ2n) is 13.2. The van der Waals surface area contributed by atoms with Crippen molar-refractivity contribution >= 4 is 21.9 Å². The number of ether oxygens (including phenoxy) is 1. The van der Waals surface area contributed by atoms with Crippen LogP contribution in [0.4, 0.5) is 0 Å². The molecule has 0 aromatic rings. The molecule has 0 saturated heterocycles. The lowest BCUT2D eigenvalue weighted by molar-refractivity contribution is -0.150. The van der Waals surface area contributed by atoms with Gasteiger partial charge in [-0.3, -0.25) is 4.79 Å². The number of rotatable bonds is 7. The Morgan fingerprint density at radius 1 is 1.06 bits per heavy atom. The van der Waals surface area contributed by atoms with Crippen molar-refractivity contribution in [2.24, 2.45) is 46.3 Å². The summed E-state index contributed by atoms with van der Waals surface area (Å²) in [6.07, 6.45) is 17.1. The molecule has 3 fully saturated rings. The fourth-order valence-electron chi connectivity index (χ4n) is 9.01. The van der Waals surface area contributed by atoms with E-state index in [1.165, 1.54) is 57.8 Å². The Labute approximate surface area is 212 Å². The molecule has 1 unspecified atom stereocenters. The summed E-state index contributed by atoms with van der Waals surface area (Å²) in [6, 6.07) is 0. The molecular formula is C30H49BrO2. The molecule has 0 amide bonds. The van der Waals surface area contributed by atoms with Gasteiger partial charge in [-0.1, -0.05) is 81.5 Å². The zero-order valence-corrected chi connectivity index (χ0v) is 23.8. The Kier molecular flexibility index (Phi) is 7.79. The molecule has 0 aromatic heterocycles. The molecule has 4 aliphatic carbocycles. The third kappa shape index (κ3) is 4.88. The van der Waals surface area contributed by atoms with Gasteiger partial charge in [0.25, 0.3) is 0 Å². The maximum Gasteiger partial charge on any atom is 0.319 e. The minimum absolute atomic E-state index is 0.0739. The highest BCUT2D eigenvalue weighted by atomic mass is 79.9. The van der Waals surface area contributed by atoms with E-state index in [0.717, 1.165) is 48.3 Å². The maximum atomic E-state index is 12.1. The van der Waals surface area contributed by atoms with Gasteiger partial charge in [-0.2, -0.15) is 0 Å². The number of carbonyl (C=O) groups excluding carboxylic acids is 1. The lowest BCUT2D eigenvalue weighted by Crippen LogP contribution is -2.51. The van der Waals surface area contributed by atoms with E-state index >= 15 is 0 Å². The summed E-state index contributed by atoms with van der Waals surface area (Å²) >= 11 is 3.37. The maximum absolute atomic E-state index is 12.1. The topological polar surface area (TPSA) is 26.3 Å². The van der Waals surface area contributed by atoms with E-state index < -0.39 is 0 Å². The average molecular weight is 522 g/mol. The quantitative estimate of drug-likeness (QED) is 0.190. The standard InChI is InChI=1S/C30H49BrO2/c1-19(2)8-7-9-20(3)25-12-13-26-24-11-10-22-18-23(33-28(32)21(4)31)14-16-29(22,5)27(24)15-17-30(25,26)6/h10,19-21,23-27H,7-9,11-18H2,1-6H3/t20-,21?,23+,24+,25-,26+,27+,29+,30-/m1/s1. The van der Waals surface area contributed by atoms with E-state index in [9.17, 15) is 4.79 Å². The highest BCUT2D eigenvalue weighted by Gasteiger charge is 2.59. The van der Waals surface area contributed by atoms with Gasteiger partial charge in [0.2, 0.25) is 0 Å². The number of esters is 1. The van der Waals surface area contributed by atoms with E-state index in [1.807, 2.05) is 6.92 Å². The van der Waals surface area contributed by atoms with Gasteiger partial charge >= 0.3 is 5.97 Å². The summed E-state index contributed by atoms with van der Waals surface area (Å²) in [5, 5.41) is 0. The lowest BCUT2D eigenvalue weighted by Gasteiger charge is -2.58. The van der Waals surface area contributed by atoms with Gasteiger partial charge in [0, 0.05) is 6.42 Å². The third-order valence-electron chi connectivity index (χ3n) is 10.9. The first kappa shape index (κ1) is 25.8. The SMILES string of the molecule is CC(C)CCC[C@@H](C)[C@H]1CC[C@H]2[C@@H]3CC=C4C[C@@H](OC(=O)C(C)Br)CC[C@]4(C)[C@H]3CC[C@]12C. The van der Waals surface area contributed by atoms with Crippen molar-refractivity contribution in [1.82, 2.24) is 0 Å². The Morgan fingerprint density at radius 3 is 2.52 bits per heavy atom. The summed E-state index contributed by atoms with van der Waals surface area (Å²) in [5.41, 5.74) is 2.49. The molecule has 9 atom stereocenters. The number of carbonyl (C=O) groups is 1. The summed E-state index contributed by atoms with van der Waals surface area (Å²) in [6.45, 7) is 14.4. The fraction of sp³-hybridized carbons (Fsp3) is 0.900. The second kappa shape index (κ2) is 9.98. The van der Waals surface area contributed by atoms with Crippen LogP contribution in [0, 0.1) is 46.3 Å². The molecule has 0 heterocycles. The number of alkyl halides is 1. The number of hydrogen-bond donors (Lipinski definition) is 0. The van der Waals surface area contributed by atoms with Gasteiger partial charge in [-0.15, -0.1) is 0 Å². The van der Waals surface area contributed by atoms with Gasteiger partial charge in [0.15, 0.2) is 0 Å². The molecule has 0 N–H and O–H groups in total. The predicted molar refractivity (Wildman–Crippen MR) is 141 cm³/mol. The first-order chi connectivity index (χ1) is 15.6. The first-order valence-corrected chi connectivity index (χ1v) is 15.0. The van der Waals surface area contributed by atoms with Crippen LogP contribution in [0.25, 0.3) is 0 Å². The molecule has 0 bridgehead atoms. The zero-order valence-electron chi connectivity index (χ0n) is 22.2. The molecular weight excluding hydrogens is 472 g/mol. The molecule has 188 valence electrons. The Bertz CT molecular complexity index is 742. The van der Waals surface area contributed by atoms with E-state index in [1.54, 1.807) is 5.57 Å². The third-order valence-corrected chi connectivity index (χ3v) is 11.2. The van der Waals surface area contributed by atoms with Crippen molar-refractivity contribution < 1.29 is 9.53 Å². The molecule has 4 rings (SSSR count). The molecule has 3 heteroatoms. The van der Waals surface area contributed by atoms with Crippen molar-refractivity contribution in [3.63, 3.8) is 0 Å². The van der Waals surface area contributed by atoms with Gasteiger partial charge < -0.3 is 4.74 Å². The van der Waals surface area contributed by atoms with E-state index in [2.05, 4.69) is 56.6 Å². The highest BCUT2D eigenvalue weighted by Crippen LogP contribution is 2.67. The minimum Gasteiger partial charge on any atom is -0.461 e. The first-order valence-electron chi connectivity index (χ1n) is 14.1. The molecule has 4 aliphatic rings. The van der Waals surface area contributed by atoms with Crippen molar-refractivity contribution in [2.45, 2.75) is 123 Å². The normalized spacial score (nSPS) is 42.1. The zero-order chi connectivity index (χ0) is 24.0. The van der Waals surface area contributed by atoms with Crippen LogP contribution in [0.1, 0.15) is 112 Å². The molecule has 0 radical (unpaired) electrons. The smallest absolute Gasteiger partial charge is 0.319 e. The predicted octanol–water partition coefficient (Wildman–Crippen LogP) is 8.72. The molecule has 0 aromatic carbocycles. The van der Waals surface area contributed by atoms with Gasteiger partial charge in [0.1, 0.15) is 10.9 Å². The lowest BCUT2D eigenvalue weighted by atomic mass is 9.47. The van der Waals surface area contributed by atoms with Gasteiger partial charge in [0.05, 0.1) is 0 Å². The highest BCUT2D eigenvalue weighted by molar-refractivity contribution is 9.10. The molecule has 0 aliphatic heterocycles. The van der Waals surface area contributed by atoms with E-state index in [4.69, 9.17) is 4.74 Å². The second-order valence-corrected chi connectivity index (χ2v) is 14.6. The van der Waals surface area contributed by atoms with Crippen molar-refractivity contribution in [3.05, 3.63) is 11.6 Å². The fourth-order valence-corrected chi connectivity index (χ4v) is 9.12. The summed E-state index contributed by atoms with van der Waals surface area (Å²) in [4.78, 5) is 11.9. The number of hydrogen-bond acceptors (Lipinski definition) is 2. The summed E-state index contributed by atoms with van der Waals surface area (Å²) < 4.78 is 5.83. The molecule has 33 heavy (non-hydrogen) atoms. The van der Waals surface area contributed by atoms with Crippen LogP contribution < -0.4 is 0 Å². The van der Waals surface area contributed by atoms with Crippen molar-refractivity contribution in [1.29, 1.82) is 0 Å². The largest absolute Gasteiger partial charge is 0.461 e. The Balaban J connectivity index is 1.45. The number of halogens is 1. The van der Waals surface area contributed by atoms with Crippen LogP contribution in [0.15, 0.2) is 11.6 Å². The minimum atomic E-state index is -0.213. The summed E-state index contributed by atoms with van der Waals surface area (Å²) in [7, 11) is 0. The number of fused-ring (bicyclic) bond motifs is 5. The van der Waals surface area contributed by atoms with Crippen molar-refractivity contribution in [3.8, 4) is 0 Å². The van der Waals surface area contributed by atoms with Crippen LogP contribution in [0.3, 0.4) is 0 Å². The monoisotopic (exact) mass is 520 g/mol. The Morgan fingerprint density at radius 2 is 1.82 bits per heavy atom. The average Bonchev–Trinajstić information content (AvgIpc) is 3.11. The molecule has 2 nitrogen and oxygen atoms in total. The van der Waals surface area contributed by atoms with E-state index in [0.29, 0.717) is 10.8 Å². The Hall–Kier alpha value is -0.310. The van der Waals surface area contributed by atoms with Crippen LogP contribution in [-0.2, 0) is 9.53 Å². The van der Waals surface area contributed by atoms with Crippen LogP contribution in [0.2, 0.25) is 0 Å². The van der Waals surface area contributed by atoms with Crippen LogP contribution >= 0.6 is 15.9 Å².